The van der Waals surface area contributed by atoms with Gasteiger partial charge in [-0.1, -0.05) is 18.5 Å². The van der Waals surface area contributed by atoms with Crippen molar-refractivity contribution in [2.75, 3.05) is 5.32 Å². The number of amides is 1. The molecule has 1 heterocycles. The molecular weight excluding hydrogens is 240 g/mol. The van der Waals surface area contributed by atoms with Crippen molar-refractivity contribution >= 4 is 23.3 Å². The molecule has 0 aliphatic rings. The first kappa shape index (κ1) is 13.7. The number of carbonyl (C=O) groups excluding carboxylic acids is 1. The highest BCUT2D eigenvalue weighted by Gasteiger charge is 2.26. The Hall–Kier alpha value is -1.36. The number of nitrogens with zero attached hydrogens (tertiary/aromatic N) is 2. The molecule has 0 unspecified atom stereocenters. The molecule has 6 heteroatoms. The van der Waals surface area contributed by atoms with Gasteiger partial charge in [-0.15, -0.1) is 0 Å². The molecule has 0 aliphatic heterocycles. The van der Waals surface area contributed by atoms with E-state index in [2.05, 4.69) is 15.3 Å². The number of carbonyl (C=O) groups is 1. The second-order valence-electron chi connectivity index (χ2n) is 4.37. The molecule has 5 nitrogen and oxygen atoms in total. The number of rotatable bonds is 4. The van der Waals surface area contributed by atoms with E-state index in [0.717, 1.165) is 0 Å². The van der Waals surface area contributed by atoms with Gasteiger partial charge in [0.15, 0.2) is 0 Å². The van der Waals surface area contributed by atoms with Crippen LogP contribution in [0, 0.1) is 6.92 Å². The van der Waals surface area contributed by atoms with E-state index < -0.39 is 11.4 Å². The van der Waals surface area contributed by atoms with E-state index in [9.17, 15) is 4.79 Å². The van der Waals surface area contributed by atoms with Crippen LogP contribution in [0.3, 0.4) is 0 Å². The molecule has 1 aromatic rings. The summed E-state index contributed by atoms with van der Waals surface area (Å²) in [5.41, 5.74) is 5.12. The summed E-state index contributed by atoms with van der Waals surface area (Å²) < 4.78 is 0. The molecule has 0 saturated heterocycles. The van der Waals surface area contributed by atoms with Crippen LogP contribution in [0.2, 0.25) is 5.15 Å². The molecule has 0 atom stereocenters. The van der Waals surface area contributed by atoms with Crippen LogP contribution in [0.25, 0.3) is 0 Å². The van der Waals surface area contributed by atoms with Gasteiger partial charge in [0.2, 0.25) is 5.91 Å². The molecular formula is C11H17ClN4O. The van der Waals surface area contributed by atoms with Gasteiger partial charge in [-0.3, -0.25) is 4.79 Å². The normalized spacial score (nSPS) is 11.4. The van der Waals surface area contributed by atoms with Gasteiger partial charge in [-0.2, -0.15) is 0 Å². The number of nitrogens with one attached hydrogen (secondary N) is 1. The van der Waals surface area contributed by atoms with Crippen LogP contribution in [-0.2, 0) is 11.2 Å². The Morgan fingerprint density at radius 2 is 2.06 bits per heavy atom. The van der Waals surface area contributed by atoms with Crippen LogP contribution in [0.5, 0.6) is 0 Å². The zero-order valence-corrected chi connectivity index (χ0v) is 11.2. The fraction of sp³-hybridized carbons (Fsp3) is 0.545. The van der Waals surface area contributed by atoms with E-state index >= 15 is 0 Å². The Balaban J connectivity index is 3.14. The standard InChI is InChI=1S/C11H17ClN4O/c1-5-7-14-8(12)6(2)9(15-7)16-11(3,4)10(13)17/h5H2,1-4H3,(H2,13,17)(H,14,15,16). The molecule has 0 spiro atoms. The van der Waals surface area contributed by atoms with Crippen LogP contribution in [-0.4, -0.2) is 21.4 Å². The zero-order chi connectivity index (χ0) is 13.2. The van der Waals surface area contributed by atoms with Crippen LogP contribution in [0.4, 0.5) is 5.82 Å². The smallest absolute Gasteiger partial charge is 0.242 e. The van der Waals surface area contributed by atoms with Crippen LogP contribution < -0.4 is 11.1 Å². The molecule has 1 aromatic heterocycles. The molecule has 0 fully saturated rings. The van der Waals surface area contributed by atoms with Crippen LogP contribution >= 0.6 is 11.6 Å². The van der Waals surface area contributed by atoms with Gasteiger partial charge in [-0.25, -0.2) is 9.97 Å². The van der Waals surface area contributed by atoms with Gasteiger partial charge in [0, 0.05) is 12.0 Å². The third-order valence-corrected chi connectivity index (χ3v) is 2.86. The quantitative estimate of drug-likeness (QED) is 0.803. The summed E-state index contributed by atoms with van der Waals surface area (Å²) in [5, 5.41) is 3.38. The highest BCUT2D eigenvalue weighted by Crippen LogP contribution is 2.22. The van der Waals surface area contributed by atoms with Gasteiger partial charge in [0.1, 0.15) is 22.3 Å². The Morgan fingerprint density at radius 3 is 2.53 bits per heavy atom. The lowest BCUT2D eigenvalue weighted by molar-refractivity contribution is -0.121. The SMILES string of the molecule is CCc1nc(Cl)c(C)c(NC(C)(C)C(N)=O)n1. The minimum Gasteiger partial charge on any atom is -0.368 e. The van der Waals surface area contributed by atoms with Crippen molar-refractivity contribution in [2.24, 2.45) is 5.73 Å². The molecule has 0 radical (unpaired) electrons. The highest BCUT2D eigenvalue weighted by atomic mass is 35.5. The van der Waals surface area contributed by atoms with E-state index in [4.69, 9.17) is 17.3 Å². The Kier molecular flexibility index (Phi) is 3.93. The summed E-state index contributed by atoms with van der Waals surface area (Å²) in [6.07, 6.45) is 0.672. The number of hydrogen-bond donors (Lipinski definition) is 2. The molecule has 0 bridgehead atoms. The van der Waals surface area contributed by atoms with E-state index in [1.54, 1.807) is 20.8 Å². The fourth-order valence-corrected chi connectivity index (χ4v) is 1.36. The van der Waals surface area contributed by atoms with Gasteiger partial charge in [0.25, 0.3) is 0 Å². The molecule has 17 heavy (non-hydrogen) atoms. The lowest BCUT2D eigenvalue weighted by Gasteiger charge is -2.24. The van der Waals surface area contributed by atoms with Crippen molar-refractivity contribution in [2.45, 2.75) is 39.7 Å². The molecule has 1 amide bonds. The second kappa shape index (κ2) is 4.87. The monoisotopic (exact) mass is 256 g/mol. The van der Waals surface area contributed by atoms with Gasteiger partial charge in [0.05, 0.1) is 0 Å². The van der Waals surface area contributed by atoms with Crippen molar-refractivity contribution in [1.82, 2.24) is 9.97 Å². The van der Waals surface area contributed by atoms with Gasteiger partial charge < -0.3 is 11.1 Å². The maximum atomic E-state index is 11.3. The van der Waals surface area contributed by atoms with E-state index in [1.165, 1.54) is 0 Å². The van der Waals surface area contributed by atoms with E-state index in [0.29, 0.717) is 28.8 Å². The summed E-state index contributed by atoms with van der Waals surface area (Å²) in [7, 11) is 0. The zero-order valence-electron chi connectivity index (χ0n) is 10.5. The lowest BCUT2D eigenvalue weighted by atomic mass is 10.1. The number of anilines is 1. The fourth-order valence-electron chi connectivity index (χ4n) is 1.17. The second-order valence-corrected chi connectivity index (χ2v) is 4.73. The summed E-state index contributed by atoms with van der Waals surface area (Å²) >= 11 is 6.00. The number of aryl methyl sites for hydroxylation is 1. The van der Waals surface area contributed by atoms with Gasteiger partial charge >= 0.3 is 0 Å². The van der Waals surface area contributed by atoms with Crippen molar-refractivity contribution in [3.8, 4) is 0 Å². The topological polar surface area (TPSA) is 80.9 Å². The van der Waals surface area contributed by atoms with Crippen molar-refractivity contribution in [1.29, 1.82) is 0 Å². The number of nitrogens with two attached hydrogens (primary N) is 1. The summed E-state index contributed by atoms with van der Waals surface area (Å²) in [6, 6.07) is 0. The predicted octanol–water partition coefficient (Wildman–Crippen LogP) is 1.68. The molecule has 0 aromatic carbocycles. The Morgan fingerprint density at radius 1 is 1.47 bits per heavy atom. The first-order valence-electron chi connectivity index (χ1n) is 5.39. The van der Waals surface area contributed by atoms with Crippen molar-refractivity contribution < 1.29 is 4.79 Å². The minimum absolute atomic E-state index is 0.389. The first-order valence-corrected chi connectivity index (χ1v) is 5.76. The molecule has 0 saturated carbocycles. The molecule has 3 N–H and O–H groups in total. The highest BCUT2D eigenvalue weighted by molar-refractivity contribution is 6.30. The number of halogens is 1. The largest absolute Gasteiger partial charge is 0.368 e. The lowest BCUT2D eigenvalue weighted by Crippen LogP contribution is -2.45. The minimum atomic E-state index is -0.881. The predicted molar refractivity (Wildman–Crippen MR) is 68.1 cm³/mol. The number of hydrogen-bond acceptors (Lipinski definition) is 4. The Bertz CT molecular complexity index is 445. The third-order valence-electron chi connectivity index (χ3n) is 2.50. The maximum Gasteiger partial charge on any atom is 0.242 e. The number of aromatic nitrogens is 2. The third kappa shape index (κ3) is 3.06. The van der Waals surface area contributed by atoms with E-state index in [-0.39, 0.29) is 0 Å². The molecule has 1 rings (SSSR count). The average Bonchev–Trinajstić information content (AvgIpc) is 2.23. The van der Waals surface area contributed by atoms with Crippen LogP contribution in [0.1, 0.15) is 32.2 Å². The molecule has 94 valence electrons. The molecule has 0 aliphatic carbocycles. The summed E-state index contributed by atoms with van der Waals surface area (Å²) in [6.45, 7) is 7.11. The summed E-state index contributed by atoms with van der Waals surface area (Å²) in [5.74, 6) is 0.721. The van der Waals surface area contributed by atoms with Crippen LogP contribution in [0.15, 0.2) is 0 Å². The van der Waals surface area contributed by atoms with E-state index in [1.807, 2.05) is 6.92 Å². The van der Waals surface area contributed by atoms with Crippen molar-refractivity contribution in [3.05, 3.63) is 16.5 Å². The maximum absolute atomic E-state index is 11.3. The first-order chi connectivity index (χ1) is 7.77. The van der Waals surface area contributed by atoms with Gasteiger partial charge in [-0.05, 0) is 20.8 Å². The average molecular weight is 257 g/mol. The summed E-state index contributed by atoms with van der Waals surface area (Å²) in [4.78, 5) is 19.7. The Labute approximate surface area is 106 Å². The van der Waals surface area contributed by atoms with Crippen molar-refractivity contribution in [3.63, 3.8) is 0 Å². The number of primary amides is 1.